The van der Waals surface area contributed by atoms with E-state index in [2.05, 4.69) is 10.0 Å². The number of nitrogens with two attached hydrogens (primary N) is 1. The lowest BCUT2D eigenvalue weighted by Gasteiger charge is -2.28. The molecule has 2 aromatic rings. The number of carbonyl (C=O) groups excluding carboxylic acids is 2. The van der Waals surface area contributed by atoms with Crippen molar-refractivity contribution in [3.63, 3.8) is 0 Å². The van der Waals surface area contributed by atoms with Gasteiger partial charge < -0.3 is 21.1 Å². The second-order valence-corrected chi connectivity index (χ2v) is 10.5. The van der Waals surface area contributed by atoms with Crippen molar-refractivity contribution in [2.75, 3.05) is 12.3 Å². The van der Waals surface area contributed by atoms with Gasteiger partial charge in [0.2, 0.25) is 21.8 Å². The highest BCUT2D eigenvalue weighted by atomic mass is 32.2. The highest BCUT2D eigenvalue weighted by Gasteiger charge is 2.38. The van der Waals surface area contributed by atoms with Gasteiger partial charge in [-0.05, 0) is 49.4 Å². The molecule has 35 heavy (non-hydrogen) atoms. The van der Waals surface area contributed by atoms with E-state index in [1.807, 2.05) is 30.3 Å². The maximum absolute atomic E-state index is 13.4. The fourth-order valence-corrected chi connectivity index (χ4v) is 4.84. The predicted octanol–water partition coefficient (Wildman–Crippen LogP) is 0.834. The second-order valence-electron chi connectivity index (χ2n) is 8.44. The summed E-state index contributed by atoms with van der Waals surface area (Å²) in [5.74, 6) is -1.38. The van der Waals surface area contributed by atoms with Gasteiger partial charge in [-0.25, -0.2) is 13.1 Å². The summed E-state index contributed by atoms with van der Waals surface area (Å²) < 4.78 is 27.1. The van der Waals surface area contributed by atoms with Crippen LogP contribution in [-0.4, -0.2) is 60.5 Å². The number of rotatable bonds is 10. The molecule has 0 aliphatic carbocycles. The van der Waals surface area contributed by atoms with E-state index >= 15 is 0 Å². The van der Waals surface area contributed by atoms with Gasteiger partial charge in [-0.15, -0.1) is 0 Å². The van der Waals surface area contributed by atoms with Crippen molar-refractivity contribution in [3.05, 3.63) is 65.2 Å². The summed E-state index contributed by atoms with van der Waals surface area (Å²) in [6.07, 6.45) is 1.26. The van der Waals surface area contributed by atoms with Crippen molar-refractivity contribution in [2.24, 2.45) is 5.73 Å². The number of nitrogen functional groups attached to an aromatic ring is 1. The maximum atomic E-state index is 13.4. The number of carbonyl (C=O) groups is 2. The summed E-state index contributed by atoms with van der Waals surface area (Å²) in [5.41, 5.74) is 7.02. The van der Waals surface area contributed by atoms with E-state index in [1.54, 1.807) is 6.07 Å². The second kappa shape index (κ2) is 11.3. The molecule has 1 heterocycles. The predicted molar refractivity (Wildman–Crippen MR) is 132 cm³/mol. The van der Waals surface area contributed by atoms with Crippen molar-refractivity contribution >= 4 is 27.7 Å². The third-order valence-corrected chi connectivity index (χ3v) is 7.34. The van der Waals surface area contributed by atoms with Crippen molar-refractivity contribution in [1.82, 2.24) is 14.9 Å². The molecule has 2 amide bonds. The lowest BCUT2D eigenvalue weighted by Crippen LogP contribution is -2.54. The van der Waals surface area contributed by atoms with Crippen molar-refractivity contribution in [3.8, 4) is 5.75 Å². The van der Waals surface area contributed by atoms with E-state index in [0.717, 1.165) is 5.56 Å². The van der Waals surface area contributed by atoms with Crippen LogP contribution < -0.4 is 15.8 Å². The van der Waals surface area contributed by atoms with E-state index in [4.69, 9.17) is 11.1 Å². The third kappa shape index (κ3) is 6.80. The minimum atomic E-state index is -3.66. The van der Waals surface area contributed by atoms with Crippen LogP contribution in [0.4, 0.5) is 0 Å². The molecule has 11 heteroatoms. The minimum absolute atomic E-state index is 0.110. The average molecular weight is 502 g/mol. The molecular formula is C24H31N5O5S. The first-order valence-electron chi connectivity index (χ1n) is 11.4. The Hall–Kier alpha value is -3.44. The molecule has 1 fully saturated rings. The van der Waals surface area contributed by atoms with Gasteiger partial charge in [0, 0.05) is 13.1 Å². The normalized spacial score (nSPS) is 16.6. The molecule has 3 rings (SSSR count). The largest absolute Gasteiger partial charge is 0.507 e. The molecular weight excluding hydrogens is 470 g/mol. The van der Waals surface area contributed by atoms with Crippen LogP contribution >= 0.6 is 0 Å². The van der Waals surface area contributed by atoms with E-state index < -0.39 is 28.0 Å². The fraction of sp³-hybridized carbons (Fsp3) is 0.375. The van der Waals surface area contributed by atoms with Gasteiger partial charge in [0.05, 0.1) is 11.3 Å². The van der Waals surface area contributed by atoms with Crippen LogP contribution in [0.25, 0.3) is 0 Å². The summed E-state index contributed by atoms with van der Waals surface area (Å²) in [6.45, 7) is 1.96. The zero-order valence-electron chi connectivity index (χ0n) is 19.5. The van der Waals surface area contributed by atoms with Gasteiger partial charge >= 0.3 is 0 Å². The van der Waals surface area contributed by atoms with E-state index in [1.165, 1.54) is 24.0 Å². The van der Waals surface area contributed by atoms with Crippen molar-refractivity contribution in [1.29, 1.82) is 5.41 Å². The van der Waals surface area contributed by atoms with Gasteiger partial charge in [0.25, 0.3) is 0 Å². The van der Waals surface area contributed by atoms with Crippen LogP contribution in [0.2, 0.25) is 0 Å². The topological polar surface area (TPSA) is 166 Å². The molecule has 0 bridgehead atoms. The molecule has 2 atom stereocenters. The summed E-state index contributed by atoms with van der Waals surface area (Å²) in [5, 5.41) is 20.2. The molecule has 0 aromatic heterocycles. The molecule has 1 aliphatic rings. The number of benzene rings is 2. The first kappa shape index (κ1) is 26.2. The first-order valence-corrected chi connectivity index (χ1v) is 13.0. The van der Waals surface area contributed by atoms with Gasteiger partial charge in [-0.1, -0.05) is 36.4 Å². The highest BCUT2D eigenvalue weighted by molar-refractivity contribution is 7.89. The minimum Gasteiger partial charge on any atom is -0.507 e. The van der Waals surface area contributed by atoms with Gasteiger partial charge in [0.1, 0.15) is 23.7 Å². The highest BCUT2D eigenvalue weighted by Crippen LogP contribution is 2.21. The monoisotopic (exact) mass is 501 g/mol. The van der Waals surface area contributed by atoms with Gasteiger partial charge in [-0.3, -0.25) is 15.0 Å². The van der Waals surface area contributed by atoms with Gasteiger partial charge in [-0.2, -0.15) is 0 Å². The lowest BCUT2D eigenvalue weighted by molar-refractivity contribution is -0.139. The number of amides is 2. The Labute approximate surface area is 205 Å². The zero-order chi connectivity index (χ0) is 25.6. The SMILES string of the molecule is CCS(=O)(=O)N[C@H](Cc1ccccc1)C(=O)N1CCC[C@H]1C(=O)NCc1ccc(C(=N)N)c(O)c1. The number of likely N-dealkylation sites (tertiary alicyclic amines) is 1. The average Bonchev–Trinajstić information content (AvgIpc) is 3.32. The van der Waals surface area contributed by atoms with Crippen LogP contribution in [0.1, 0.15) is 36.5 Å². The molecule has 1 aliphatic heterocycles. The van der Waals surface area contributed by atoms with E-state index in [9.17, 15) is 23.1 Å². The zero-order valence-corrected chi connectivity index (χ0v) is 20.3. The Morgan fingerprint density at radius 1 is 1.20 bits per heavy atom. The fourth-order valence-electron chi connectivity index (χ4n) is 4.05. The first-order chi connectivity index (χ1) is 16.6. The summed E-state index contributed by atoms with van der Waals surface area (Å²) in [7, 11) is -3.66. The maximum Gasteiger partial charge on any atom is 0.243 e. The Morgan fingerprint density at radius 3 is 2.54 bits per heavy atom. The number of hydrogen-bond acceptors (Lipinski definition) is 6. The number of amidine groups is 1. The van der Waals surface area contributed by atoms with Crippen LogP contribution in [-0.2, 0) is 32.6 Å². The smallest absolute Gasteiger partial charge is 0.243 e. The van der Waals surface area contributed by atoms with Crippen LogP contribution in [0.5, 0.6) is 5.75 Å². The van der Waals surface area contributed by atoms with Crippen molar-refractivity contribution in [2.45, 2.75) is 44.8 Å². The summed E-state index contributed by atoms with van der Waals surface area (Å²) in [4.78, 5) is 27.8. The Kier molecular flexibility index (Phi) is 8.47. The third-order valence-electron chi connectivity index (χ3n) is 5.94. The Bertz CT molecular complexity index is 1190. The summed E-state index contributed by atoms with van der Waals surface area (Å²) >= 11 is 0. The van der Waals surface area contributed by atoms with Crippen molar-refractivity contribution < 1.29 is 23.1 Å². The molecule has 0 unspecified atom stereocenters. The molecule has 188 valence electrons. The molecule has 6 N–H and O–H groups in total. The van der Waals surface area contributed by atoms with Crippen LogP contribution in [0.15, 0.2) is 48.5 Å². The molecule has 2 aromatic carbocycles. The Morgan fingerprint density at radius 2 is 1.91 bits per heavy atom. The number of nitrogens with zero attached hydrogens (tertiary/aromatic N) is 1. The van der Waals surface area contributed by atoms with Crippen LogP contribution in [0, 0.1) is 5.41 Å². The number of phenolic OH excluding ortho intramolecular Hbond substituents is 1. The lowest BCUT2D eigenvalue weighted by atomic mass is 10.0. The molecule has 0 spiro atoms. The summed E-state index contributed by atoms with van der Waals surface area (Å²) in [6, 6.07) is 11.9. The van der Waals surface area contributed by atoms with Gasteiger partial charge in [0.15, 0.2) is 0 Å². The number of hydrogen-bond donors (Lipinski definition) is 5. The van der Waals surface area contributed by atoms with E-state index in [-0.39, 0.29) is 41.8 Å². The quantitative estimate of drug-likeness (QED) is 0.239. The molecule has 0 radical (unpaired) electrons. The standard InChI is InChI=1S/C24H31N5O5S/c1-2-35(33,34)28-19(13-16-7-4-3-5-8-16)24(32)29-12-6-9-20(29)23(31)27-15-17-10-11-18(22(25)26)21(30)14-17/h3-5,7-8,10-11,14,19-20,28,30H,2,6,9,12-13,15H2,1H3,(H3,25,26)(H,27,31)/t19-,20+/m1/s1. The Balaban J connectivity index is 1.71. The molecule has 10 nitrogen and oxygen atoms in total. The van der Waals surface area contributed by atoms with E-state index in [0.29, 0.717) is 24.9 Å². The molecule has 1 saturated heterocycles. The molecule has 0 saturated carbocycles. The number of nitrogens with one attached hydrogen (secondary N) is 3. The number of sulfonamides is 1. The number of phenols is 1. The number of aromatic hydroxyl groups is 1. The van der Waals surface area contributed by atoms with Crippen LogP contribution in [0.3, 0.4) is 0 Å².